The van der Waals surface area contributed by atoms with Gasteiger partial charge in [-0.15, -0.1) is 0 Å². The summed E-state index contributed by atoms with van der Waals surface area (Å²) in [7, 11) is 0. The van der Waals surface area contributed by atoms with Crippen molar-refractivity contribution in [1.82, 2.24) is 9.88 Å². The van der Waals surface area contributed by atoms with Gasteiger partial charge in [-0.05, 0) is 51.2 Å². The van der Waals surface area contributed by atoms with E-state index in [-0.39, 0.29) is 5.54 Å². The lowest BCUT2D eigenvalue weighted by Gasteiger charge is -2.44. The lowest BCUT2D eigenvalue weighted by molar-refractivity contribution is -0.149. The number of rotatable bonds is 1. The van der Waals surface area contributed by atoms with Crippen LogP contribution in [0.3, 0.4) is 0 Å². The summed E-state index contributed by atoms with van der Waals surface area (Å²) >= 11 is 0. The Morgan fingerprint density at radius 3 is 2.77 bits per heavy atom. The van der Waals surface area contributed by atoms with E-state index < -0.39 is 11.8 Å². The summed E-state index contributed by atoms with van der Waals surface area (Å²) in [6, 6.07) is 1.71. The van der Waals surface area contributed by atoms with Crippen LogP contribution >= 0.6 is 0 Å². The number of amides is 2. The standard InChI is InChI=1S/C16H24N4O2/c1-10-5-6-16(3,4)20(9-10)15(22)14(21)19-12-7-11(2)13(17)18-8-12/h7-8,10H,5-6,9H2,1-4H3,(H2,17,18)(H,19,21)/t10-/m1/s1. The fourth-order valence-corrected chi connectivity index (χ4v) is 2.70. The van der Waals surface area contributed by atoms with Crippen LogP contribution in [0.4, 0.5) is 11.5 Å². The number of hydrogen-bond donors (Lipinski definition) is 2. The van der Waals surface area contributed by atoms with Gasteiger partial charge in [-0.2, -0.15) is 0 Å². The average Bonchev–Trinajstić information content (AvgIpc) is 2.45. The number of aromatic nitrogens is 1. The first kappa shape index (κ1) is 16.3. The largest absolute Gasteiger partial charge is 0.383 e. The van der Waals surface area contributed by atoms with E-state index in [1.54, 1.807) is 17.9 Å². The topological polar surface area (TPSA) is 88.3 Å². The molecule has 0 aromatic carbocycles. The van der Waals surface area contributed by atoms with Crippen molar-refractivity contribution in [2.45, 2.75) is 46.1 Å². The molecule has 6 nitrogen and oxygen atoms in total. The minimum absolute atomic E-state index is 0.295. The predicted octanol–water partition coefficient (Wildman–Crippen LogP) is 1.95. The van der Waals surface area contributed by atoms with Crippen LogP contribution in [-0.2, 0) is 9.59 Å². The molecule has 0 radical (unpaired) electrons. The zero-order valence-electron chi connectivity index (χ0n) is 13.6. The summed E-state index contributed by atoms with van der Waals surface area (Å²) < 4.78 is 0. The van der Waals surface area contributed by atoms with Gasteiger partial charge < -0.3 is 16.0 Å². The molecule has 1 fully saturated rings. The second kappa shape index (κ2) is 5.94. The molecule has 0 spiro atoms. The zero-order valence-corrected chi connectivity index (χ0v) is 13.6. The van der Waals surface area contributed by atoms with E-state index in [0.29, 0.717) is 24.0 Å². The molecule has 6 heteroatoms. The van der Waals surface area contributed by atoms with Gasteiger partial charge in [-0.1, -0.05) is 6.92 Å². The first-order valence-corrected chi connectivity index (χ1v) is 7.56. The molecule has 0 bridgehead atoms. The van der Waals surface area contributed by atoms with Gasteiger partial charge in [0.05, 0.1) is 11.9 Å². The molecule has 0 aliphatic carbocycles. The van der Waals surface area contributed by atoms with Gasteiger partial charge in [0.2, 0.25) is 0 Å². The molecule has 1 saturated heterocycles. The highest BCUT2D eigenvalue weighted by molar-refractivity contribution is 6.39. The van der Waals surface area contributed by atoms with Gasteiger partial charge in [-0.3, -0.25) is 9.59 Å². The summed E-state index contributed by atoms with van der Waals surface area (Å²) in [4.78, 5) is 30.4. The number of nitrogens with zero attached hydrogens (tertiary/aromatic N) is 2. The Labute approximate surface area is 131 Å². The number of hydrogen-bond acceptors (Lipinski definition) is 4. The maximum absolute atomic E-state index is 12.5. The summed E-state index contributed by atoms with van der Waals surface area (Å²) in [5.74, 6) is -0.306. The van der Waals surface area contributed by atoms with Gasteiger partial charge in [-0.25, -0.2) is 4.98 Å². The highest BCUT2D eigenvalue weighted by atomic mass is 16.2. The van der Waals surface area contributed by atoms with Crippen molar-refractivity contribution < 1.29 is 9.59 Å². The molecule has 120 valence electrons. The van der Waals surface area contributed by atoms with Crippen LogP contribution in [0, 0.1) is 12.8 Å². The monoisotopic (exact) mass is 304 g/mol. The third-order valence-corrected chi connectivity index (χ3v) is 4.29. The Balaban J connectivity index is 2.11. The molecule has 3 N–H and O–H groups in total. The Hall–Kier alpha value is -2.11. The van der Waals surface area contributed by atoms with E-state index >= 15 is 0 Å². The number of aryl methyl sites for hydroxylation is 1. The van der Waals surface area contributed by atoms with Gasteiger partial charge in [0.15, 0.2) is 0 Å². The fraction of sp³-hybridized carbons (Fsp3) is 0.562. The first-order chi connectivity index (χ1) is 10.2. The van der Waals surface area contributed by atoms with E-state index in [1.165, 1.54) is 6.20 Å². The maximum atomic E-state index is 12.5. The second-order valence-corrected chi connectivity index (χ2v) is 6.75. The Morgan fingerprint density at radius 2 is 2.14 bits per heavy atom. The number of carbonyl (C=O) groups is 2. The number of nitrogens with one attached hydrogen (secondary N) is 1. The minimum atomic E-state index is -0.631. The van der Waals surface area contributed by atoms with Crippen LogP contribution < -0.4 is 11.1 Å². The van der Waals surface area contributed by atoms with Gasteiger partial charge in [0, 0.05) is 12.1 Å². The van der Waals surface area contributed by atoms with Crippen molar-refractivity contribution in [3.8, 4) is 0 Å². The first-order valence-electron chi connectivity index (χ1n) is 7.56. The van der Waals surface area contributed by atoms with E-state index in [0.717, 1.165) is 18.4 Å². The number of pyridine rings is 1. The van der Waals surface area contributed by atoms with Gasteiger partial charge in [0.25, 0.3) is 0 Å². The molecular weight excluding hydrogens is 280 g/mol. The number of nitrogen functional groups attached to an aromatic ring is 1. The molecule has 1 atom stereocenters. The Morgan fingerprint density at radius 1 is 1.45 bits per heavy atom. The van der Waals surface area contributed by atoms with Crippen LogP contribution in [0.1, 0.15) is 39.2 Å². The molecular formula is C16H24N4O2. The van der Waals surface area contributed by atoms with Crippen molar-refractivity contribution in [2.75, 3.05) is 17.6 Å². The number of carbonyl (C=O) groups excluding carboxylic acids is 2. The molecule has 0 saturated carbocycles. The number of piperidine rings is 1. The van der Waals surface area contributed by atoms with Crippen LogP contribution in [0.15, 0.2) is 12.3 Å². The summed E-state index contributed by atoms with van der Waals surface area (Å²) in [6.45, 7) is 8.51. The summed E-state index contributed by atoms with van der Waals surface area (Å²) in [5, 5.41) is 2.61. The molecule has 0 unspecified atom stereocenters. The van der Waals surface area contributed by atoms with Gasteiger partial charge in [0.1, 0.15) is 5.82 Å². The Bertz CT molecular complexity index is 598. The molecule has 1 aliphatic heterocycles. The highest BCUT2D eigenvalue weighted by Gasteiger charge is 2.38. The van der Waals surface area contributed by atoms with Crippen LogP contribution in [0.2, 0.25) is 0 Å². The summed E-state index contributed by atoms with van der Waals surface area (Å²) in [6.07, 6.45) is 3.42. The number of anilines is 2. The lowest BCUT2D eigenvalue weighted by Crippen LogP contribution is -2.55. The van der Waals surface area contributed by atoms with Crippen LogP contribution in [0.5, 0.6) is 0 Å². The summed E-state index contributed by atoms with van der Waals surface area (Å²) in [5.41, 5.74) is 6.59. The lowest BCUT2D eigenvalue weighted by atomic mass is 9.85. The van der Waals surface area contributed by atoms with Crippen LogP contribution in [-0.4, -0.2) is 33.8 Å². The second-order valence-electron chi connectivity index (χ2n) is 6.75. The quantitative estimate of drug-likeness (QED) is 0.776. The number of nitrogens with two attached hydrogens (primary N) is 1. The van der Waals surface area contributed by atoms with E-state index in [4.69, 9.17) is 5.73 Å². The molecule has 22 heavy (non-hydrogen) atoms. The molecule has 1 aromatic heterocycles. The zero-order chi connectivity index (χ0) is 16.5. The molecule has 1 aliphatic rings. The average molecular weight is 304 g/mol. The molecule has 1 aromatic rings. The maximum Gasteiger partial charge on any atom is 0.313 e. The smallest absolute Gasteiger partial charge is 0.313 e. The molecule has 2 heterocycles. The predicted molar refractivity (Wildman–Crippen MR) is 86.2 cm³/mol. The van der Waals surface area contributed by atoms with E-state index in [2.05, 4.69) is 17.2 Å². The SMILES string of the molecule is Cc1cc(NC(=O)C(=O)N2C[C@H](C)CCC2(C)C)cnc1N. The Kier molecular flexibility index (Phi) is 4.39. The normalized spacial score (nSPS) is 20.5. The van der Waals surface area contributed by atoms with Crippen molar-refractivity contribution in [3.05, 3.63) is 17.8 Å². The van der Waals surface area contributed by atoms with E-state index in [9.17, 15) is 9.59 Å². The third kappa shape index (κ3) is 3.37. The van der Waals surface area contributed by atoms with Crippen LogP contribution in [0.25, 0.3) is 0 Å². The van der Waals surface area contributed by atoms with Gasteiger partial charge >= 0.3 is 11.8 Å². The van der Waals surface area contributed by atoms with Crippen molar-refractivity contribution in [1.29, 1.82) is 0 Å². The third-order valence-electron chi connectivity index (χ3n) is 4.29. The highest BCUT2D eigenvalue weighted by Crippen LogP contribution is 2.30. The van der Waals surface area contributed by atoms with E-state index in [1.807, 2.05) is 13.8 Å². The number of likely N-dealkylation sites (tertiary alicyclic amines) is 1. The minimum Gasteiger partial charge on any atom is -0.383 e. The van der Waals surface area contributed by atoms with Crippen molar-refractivity contribution in [2.24, 2.45) is 5.92 Å². The molecule has 2 amide bonds. The molecule has 2 rings (SSSR count). The fourth-order valence-electron chi connectivity index (χ4n) is 2.70. The van der Waals surface area contributed by atoms with Crippen molar-refractivity contribution >= 4 is 23.3 Å². The van der Waals surface area contributed by atoms with Crippen molar-refractivity contribution in [3.63, 3.8) is 0 Å².